The van der Waals surface area contributed by atoms with Gasteiger partial charge in [-0.1, -0.05) is 34.1 Å². The third kappa shape index (κ3) is 4.54. The molecule has 4 rings (SSSR count). The topological polar surface area (TPSA) is 64.6 Å². The second kappa shape index (κ2) is 8.87. The van der Waals surface area contributed by atoms with E-state index in [0.717, 1.165) is 26.9 Å². The van der Waals surface area contributed by atoms with Crippen LogP contribution in [0.2, 0.25) is 0 Å². The fraction of sp³-hybridized carbons (Fsp3) is 0.360. The van der Waals surface area contributed by atoms with E-state index < -0.39 is 0 Å². The Bertz CT molecular complexity index is 1060. The third-order valence-electron chi connectivity index (χ3n) is 5.81. The molecule has 0 saturated heterocycles. The quantitative estimate of drug-likeness (QED) is 0.630. The van der Waals surface area contributed by atoms with Gasteiger partial charge in [-0.2, -0.15) is 0 Å². The summed E-state index contributed by atoms with van der Waals surface area (Å²) in [5, 5.41) is 2.98. The first-order chi connectivity index (χ1) is 14.9. The van der Waals surface area contributed by atoms with Crippen molar-refractivity contribution in [2.24, 2.45) is 0 Å². The number of hydrogen-bond acceptors (Lipinski definition) is 4. The molecule has 31 heavy (non-hydrogen) atoms. The van der Waals surface area contributed by atoms with Crippen molar-refractivity contribution in [1.82, 2.24) is 5.32 Å². The van der Waals surface area contributed by atoms with Crippen molar-refractivity contribution in [3.8, 4) is 11.5 Å². The van der Waals surface area contributed by atoms with Crippen molar-refractivity contribution in [3.63, 3.8) is 0 Å². The van der Waals surface area contributed by atoms with E-state index >= 15 is 0 Å². The molecule has 0 fully saturated rings. The number of halogens is 1. The van der Waals surface area contributed by atoms with Crippen LogP contribution in [-0.4, -0.2) is 24.9 Å². The molecule has 2 unspecified atom stereocenters. The number of rotatable bonds is 5. The van der Waals surface area contributed by atoms with Gasteiger partial charge in [0.1, 0.15) is 0 Å². The SMILES string of the molecule is COc1cc(C2CC(=O)C3=C(C2)NC(=O)CC3c2cccc(Br)c2)ccc1OC(C)C. The Labute approximate surface area is 190 Å². The van der Waals surface area contributed by atoms with Crippen molar-refractivity contribution < 1.29 is 19.1 Å². The van der Waals surface area contributed by atoms with Gasteiger partial charge in [0.2, 0.25) is 5.91 Å². The van der Waals surface area contributed by atoms with Crippen LogP contribution in [0.5, 0.6) is 11.5 Å². The van der Waals surface area contributed by atoms with Crippen molar-refractivity contribution in [3.05, 3.63) is 69.3 Å². The summed E-state index contributed by atoms with van der Waals surface area (Å²) in [5.41, 5.74) is 3.50. The number of ether oxygens (including phenoxy) is 2. The van der Waals surface area contributed by atoms with Gasteiger partial charge in [-0.3, -0.25) is 9.59 Å². The largest absolute Gasteiger partial charge is 0.493 e. The van der Waals surface area contributed by atoms with E-state index in [2.05, 4.69) is 21.2 Å². The molecular weight excluding hydrogens is 458 g/mol. The van der Waals surface area contributed by atoms with Gasteiger partial charge < -0.3 is 14.8 Å². The average molecular weight is 484 g/mol. The summed E-state index contributed by atoms with van der Waals surface area (Å²) in [5.74, 6) is 1.16. The minimum Gasteiger partial charge on any atom is -0.493 e. The highest BCUT2D eigenvalue weighted by molar-refractivity contribution is 9.10. The highest BCUT2D eigenvalue weighted by atomic mass is 79.9. The molecular formula is C25H26BrNO4. The Morgan fingerprint density at radius 3 is 2.52 bits per heavy atom. The maximum Gasteiger partial charge on any atom is 0.225 e. The van der Waals surface area contributed by atoms with Crippen LogP contribution < -0.4 is 14.8 Å². The predicted molar refractivity (Wildman–Crippen MR) is 122 cm³/mol. The van der Waals surface area contributed by atoms with Crippen molar-refractivity contribution >= 4 is 27.6 Å². The highest BCUT2D eigenvalue weighted by Crippen LogP contribution is 2.44. The minimum atomic E-state index is -0.203. The molecule has 2 aromatic rings. The van der Waals surface area contributed by atoms with E-state index in [0.29, 0.717) is 30.8 Å². The molecule has 0 spiro atoms. The summed E-state index contributed by atoms with van der Waals surface area (Å²) in [6, 6.07) is 13.7. The van der Waals surface area contributed by atoms with Gasteiger partial charge >= 0.3 is 0 Å². The second-order valence-corrected chi connectivity index (χ2v) is 9.27. The zero-order valence-corrected chi connectivity index (χ0v) is 19.5. The number of hydrogen-bond donors (Lipinski definition) is 1. The standard InChI is InChI=1S/C25H26BrNO4/c1-14(2)31-22-8-7-15(12-23(22)30-3)17-10-20-25(21(28)11-17)19(13-24(29)27-20)16-5-4-6-18(26)9-16/h4-9,12,14,17,19H,10-11,13H2,1-3H3,(H,27,29). The first-order valence-electron chi connectivity index (χ1n) is 10.5. The normalized spacial score (nSPS) is 21.1. The van der Waals surface area contributed by atoms with Gasteiger partial charge in [-0.05, 0) is 61.6 Å². The lowest BCUT2D eigenvalue weighted by Gasteiger charge is -2.34. The lowest BCUT2D eigenvalue weighted by atomic mass is 9.73. The second-order valence-electron chi connectivity index (χ2n) is 8.36. The monoisotopic (exact) mass is 483 g/mol. The molecule has 1 aliphatic heterocycles. The minimum absolute atomic E-state index is 0.0187. The predicted octanol–water partition coefficient (Wildman–Crippen LogP) is 5.25. The Kier molecular flexibility index (Phi) is 6.19. The van der Waals surface area contributed by atoms with Crippen LogP contribution >= 0.6 is 15.9 Å². The Balaban J connectivity index is 1.66. The van der Waals surface area contributed by atoms with E-state index in [-0.39, 0.29) is 29.6 Å². The number of methoxy groups -OCH3 is 1. The summed E-state index contributed by atoms with van der Waals surface area (Å²) >= 11 is 3.50. The summed E-state index contributed by atoms with van der Waals surface area (Å²) in [4.78, 5) is 25.8. The van der Waals surface area contributed by atoms with Crippen LogP contribution in [0.25, 0.3) is 0 Å². The van der Waals surface area contributed by atoms with Crippen LogP contribution in [0.15, 0.2) is 58.2 Å². The van der Waals surface area contributed by atoms with Crippen molar-refractivity contribution in [2.45, 2.75) is 51.0 Å². The van der Waals surface area contributed by atoms with Crippen LogP contribution in [0.4, 0.5) is 0 Å². The van der Waals surface area contributed by atoms with E-state index in [1.54, 1.807) is 7.11 Å². The summed E-state index contributed by atoms with van der Waals surface area (Å²) in [7, 11) is 1.61. The number of ketones is 1. The fourth-order valence-corrected chi connectivity index (χ4v) is 4.91. The average Bonchev–Trinajstić information content (AvgIpc) is 2.72. The van der Waals surface area contributed by atoms with Gasteiger partial charge in [0.15, 0.2) is 17.3 Å². The van der Waals surface area contributed by atoms with Crippen LogP contribution in [0.3, 0.4) is 0 Å². The Hall–Kier alpha value is -2.60. The number of carbonyl (C=O) groups excluding carboxylic acids is 2. The van der Waals surface area contributed by atoms with Gasteiger partial charge in [0.05, 0.1) is 13.2 Å². The van der Waals surface area contributed by atoms with Gasteiger partial charge in [-0.15, -0.1) is 0 Å². The van der Waals surface area contributed by atoms with Crippen molar-refractivity contribution in [1.29, 1.82) is 0 Å². The molecule has 6 heteroatoms. The molecule has 5 nitrogen and oxygen atoms in total. The zero-order valence-electron chi connectivity index (χ0n) is 17.9. The molecule has 0 saturated carbocycles. The number of allylic oxidation sites excluding steroid dienone is 2. The maximum absolute atomic E-state index is 13.3. The molecule has 1 amide bonds. The van der Waals surface area contributed by atoms with E-state index in [4.69, 9.17) is 9.47 Å². The lowest BCUT2D eigenvalue weighted by Crippen LogP contribution is -2.38. The Morgan fingerprint density at radius 1 is 1.00 bits per heavy atom. The summed E-state index contributed by atoms with van der Waals surface area (Å²) < 4.78 is 12.3. The highest BCUT2D eigenvalue weighted by Gasteiger charge is 2.38. The summed E-state index contributed by atoms with van der Waals surface area (Å²) in [6.07, 6.45) is 1.36. The summed E-state index contributed by atoms with van der Waals surface area (Å²) in [6.45, 7) is 3.93. The first-order valence-corrected chi connectivity index (χ1v) is 11.3. The molecule has 1 N–H and O–H groups in total. The van der Waals surface area contributed by atoms with Crippen molar-refractivity contribution in [2.75, 3.05) is 7.11 Å². The molecule has 1 aliphatic carbocycles. The molecule has 2 atom stereocenters. The zero-order chi connectivity index (χ0) is 22.1. The van der Waals surface area contributed by atoms with Gasteiger partial charge in [-0.25, -0.2) is 0 Å². The van der Waals surface area contributed by atoms with E-state index in [1.807, 2.05) is 56.3 Å². The third-order valence-corrected chi connectivity index (χ3v) is 6.30. The molecule has 1 heterocycles. The number of benzene rings is 2. The fourth-order valence-electron chi connectivity index (χ4n) is 4.49. The molecule has 0 bridgehead atoms. The molecule has 2 aliphatic rings. The van der Waals surface area contributed by atoms with E-state index in [9.17, 15) is 9.59 Å². The van der Waals surface area contributed by atoms with E-state index in [1.165, 1.54) is 0 Å². The number of nitrogens with one attached hydrogen (secondary N) is 1. The van der Waals surface area contributed by atoms with Gasteiger partial charge in [0, 0.05) is 34.5 Å². The van der Waals surface area contributed by atoms with Crippen LogP contribution in [-0.2, 0) is 9.59 Å². The Morgan fingerprint density at radius 2 is 1.81 bits per heavy atom. The molecule has 2 aromatic carbocycles. The van der Waals surface area contributed by atoms with Crippen LogP contribution in [0.1, 0.15) is 56.1 Å². The first kappa shape index (κ1) is 21.6. The lowest BCUT2D eigenvalue weighted by molar-refractivity contribution is -0.122. The maximum atomic E-state index is 13.3. The number of carbonyl (C=O) groups is 2. The molecule has 0 radical (unpaired) electrons. The van der Waals surface area contributed by atoms with Crippen LogP contribution in [0, 0.1) is 0 Å². The smallest absolute Gasteiger partial charge is 0.225 e. The van der Waals surface area contributed by atoms with Gasteiger partial charge in [0.25, 0.3) is 0 Å². The number of Topliss-reactive ketones (excluding diaryl/α,β-unsaturated/α-hetero) is 1. The number of amides is 1. The molecule has 0 aromatic heterocycles. The molecule has 162 valence electrons.